The zero-order chi connectivity index (χ0) is 19.9. The lowest BCUT2D eigenvalue weighted by molar-refractivity contribution is 0.269. The fourth-order valence-corrected chi connectivity index (χ4v) is 3.35. The summed E-state index contributed by atoms with van der Waals surface area (Å²) in [6.07, 6.45) is 0. The monoisotopic (exact) mass is 435 g/mol. The Kier molecular flexibility index (Phi) is 7.32. The Balaban J connectivity index is 1.75. The van der Waals surface area contributed by atoms with E-state index in [9.17, 15) is 0 Å². The third-order valence-electron chi connectivity index (χ3n) is 4.05. The number of halogens is 3. The van der Waals surface area contributed by atoms with Crippen molar-refractivity contribution in [3.8, 4) is 11.5 Å². The topological polar surface area (TPSA) is 30.5 Å². The first-order valence-corrected chi connectivity index (χ1v) is 10.0. The minimum absolute atomic E-state index is 0.440. The standard InChI is InChI=1S/C22H20Cl3NO2/c1-2-27-21-10-16(13-26-20-9-8-17(23)11-19(20)25)18(24)12-22(21)28-14-15-6-4-3-5-7-15/h3-12,26H,2,13-14H2,1H3. The number of anilines is 1. The lowest BCUT2D eigenvalue weighted by Gasteiger charge is -2.16. The van der Waals surface area contributed by atoms with E-state index in [1.165, 1.54) is 0 Å². The van der Waals surface area contributed by atoms with Crippen LogP contribution in [0, 0.1) is 0 Å². The molecule has 0 bridgehead atoms. The Labute approximate surface area is 180 Å². The molecule has 0 aromatic heterocycles. The summed E-state index contributed by atoms with van der Waals surface area (Å²) in [7, 11) is 0. The molecule has 0 aliphatic rings. The molecule has 0 saturated heterocycles. The summed E-state index contributed by atoms with van der Waals surface area (Å²) in [5.41, 5.74) is 2.73. The van der Waals surface area contributed by atoms with E-state index in [1.807, 2.05) is 49.4 Å². The molecule has 3 rings (SSSR count). The number of benzene rings is 3. The van der Waals surface area contributed by atoms with Crippen LogP contribution in [0.5, 0.6) is 11.5 Å². The van der Waals surface area contributed by atoms with Gasteiger partial charge >= 0.3 is 0 Å². The van der Waals surface area contributed by atoms with Gasteiger partial charge in [0.05, 0.1) is 17.3 Å². The summed E-state index contributed by atoms with van der Waals surface area (Å²) in [6, 6.07) is 18.9. The van der Waals surface area contributed by atoms with Gasteiger partial charge in [-0.15, -0.1) is 0 Å². The molecule has 0 spiro atoms. The summed E-state index contributed by atoms with van der Waals surface area (Å²) in [6.45, 7) is 3.38. The molecule has 0 fully saturated rings. The van der Waals surface area contributed by atoms with Gasteiger partial charge in [-0.1, -0.05) is 65.1 Å². The Hall–Kier alpha value is -2.07. The van der Waals surface area contributed by atoms with Crippen LogP contribution in [0.2, 0.25) is 15.1 Å². The summed E-state index contributed by atoms with van der Waals surface area (Å²) in [4.78, 5) is 0. The van der Waals surface area contributed by atoms with Crippen molar-refractivity contribution in [2.45, 2.75) is 20.1 Å². The zero-order valence-electron chi connectivity index (χ0n) is 15.3. The number of hydrogen-bond acceptors (Lipinski definition) is 3. The van der Waals surface area contributed by atoms with Crippen molar-refractivity contribution in [1.82, 2.24) is 0 Å². The molecule has 0 radical (unpaired) electrons. The van der Waals surface area contributed by atoms with Crippen LogP contribution >= 0.6 is 34.8 Å². The third kappa shape index (κ3) is 5.48. The van der Waals surface area contributed by atoms with E-state index < -0.39 is 0 Å². The van der Waals surface area contributed by atoms with Gasteiger partial charge in [0, 0.05) is 22.7 Å². The van der Waals surface area contributed by atoms with Gasteiger partial charge < -0.3 is 14.8 Å². The molecule has 0 saturated carbocycles. The minimum Gasteiger partial charge on any atom is -0.490 e. The van der Waals surface area contributed by atoms with E-state index in [1.54, 1.807) is 18.2 Å². The van der Waals surface area contributed by atoms with Crippen LogP contribution < -0.4 is 14.8 Å². The maximum Gasteiger partial charge on any atom is 0.163 e. The largest absolute Gasteiger partial charge is 0.490 e. The van der Waals surface area contributed by atoms with E-state index in [-0.39, 0.29) is 0 Å². The van der Waals surface area contributed by atoms with Gasteiger partial charge in [0.1, 0.15) is 6.61 Å². The van der Waals surface area contributed by atoms with Crippen LogP contribution in [0.3, 0.4) is 0 Å². The van der Waals surface area contributed by atoms with Gasteiger partial charge in [-0.25, -0.2) is 0 Å². The maximum absolute atomic E-state index is 6.48. The molecule has 0 heterocycles. The Morgan fingerprint density at radius 1 is 0.821 bits per heavy atom. The van der Waals surface area contributed by atoms with E-state index >= 15 is 0 Å². The van der Waals surface area contributed by atoms with Gasteiger partial charge in [0.25, 0.3) is 0 Å². The van der Waals surface area contributed by atoms with Crippen LogP contribution in [0.15, 0.2) is 60.7 Å². The maximum atomic E-state index is 6.48. The Bertz CT molecular complexity index is 933. The molecule has 3 nitrogen and oxygen atoms in total. The minimum atomic E-state index is 0.440. The second-order valence-electron chi connectivity index (χ2n) is 6.08. The second kappa shape index (κ2) is 9.92. The molecule has 1 N–H and O–H groups in total. The Morgan fingerprint density at radius 3 is 2.29 bits per heavy atom. The highest BCUT2D eigenvalue weighted by Gasteiger charge is 2.12. The molecule has 28 heavy (non-hydrogen) atoms. The van der Waals surface area contributed by atoms with Gasteiger partial charge in [-0.2, -0.15) is 0 Å². The highest BCUT2D eigenvalue weighted by Crippen LogP contribution is 2.35. The number of nitrogens with one attached hydrogen (secondary N) is 1. The first kappa shape index (κ1) is 20.7. The first-order valence-electron chi connectivity index (χ1n) is 8.87. The predicted molar refractivity (Wildman–Crippen MR) is 117 cm³/mol. The summed E-state index contributed by atoms with van der Waals surface area (Å²) in [5.74, 6) is 1.27. The van der Waals surface area contributed by atoms with Crippen molar-refractivity contribution in [2.75, 3.05) is 11.9 Å². The van der Waals surface area contributed by atoms with E-state index in [0.717, 1.165) is 16.8 Å². The molecule has 0 amide bonds. The smallest absolute Gasteiger partial charge is 0.163 e. The van der Waals surface area contributed by atoms with Crippen molar-refractivity contribution in [3.05, 3.63) is 86.9 Å². The summed E-state index contributed by atoms with van der Waals surface area (Å²) < 4.78 is 11.7. The van der Waals surface area contributed by atoms with Crippen molar-refractivity contribution in [3.63, 3.8) is 0 Å². The normalized spacial score (nSPS) is 10.6. The quantitative estimate of drug-likeness (QED) is 0.404. The number of rotatable bonds is 8. The summed E-state index contributed by atoms with van der Waals surface area (Å²) >= 11 is 18.6. The predicted octanol–water partition coefficient (Wildman–Crippen LogP) is 7.24. The molecule has 146 valence electrons. The second-order valence-corrected chi connectivity index (χ2v) is 7.33. The van der Waals surface area contributed by atoms with Gasteiger partial charge in [-0.05, 0) is 42.3 Å². The molecular weight excluding hydrogens is 417 g/mol. The molecule has 6 heteroatoms. The highest BCUT2D eigenvalue weighted by atomic mass is 35.5. The fourth-order valence-electron chi connectivity index (χ4n) is 2.65. The van der Waals surface area contributed by atoms with Crippen LogP contribution in [0.25, 0.3) is 0 Å². The molecular formula is C22H20Cl3NO2. The van der Waals surface area contributed by atoms with Gasteiger partial charge in [0.15, 0.2) is 11.5 Å². The van der Waals surface area contributed by atoms with E-state index in [0.29, 0.717) is 46.3 Å². The fraction of sp³-hybridized carbons (Fsp3) is 0.182. The SMILES string of the molecule is CCOc1cc(CNc2ccc(Cl)cc2Cl)c(Cl)cc1OCc1ccccc1. The van der Waals surface area contributed by atoms with Gasteiger partial charge in [-0.3, -0.25) is 0 Å². The van der Waals surface area contributed by atoms with Crippen molar-refractivity contribution < 1.29 is 9.47 Å². The highest BCUT2D eigenvalue weighted by molar-refractivity contribution is 6.36. The molecule has 0 aliphatic heterocycles. The molecule has 0 atom stereocenters. The third-order valence-corrected chi connectivity index (χ3v) is 4.95. The lowest BCUT2D eigenvalue weighted by Crippen LogP contribution is -2.04. The number of ether oxygens (including phenoxy) is 2. The van der Waals surface area contributed by atoms with Crippen molar-refractivity contribution >= 4 is 40.5 Å². The van der Waals surface area contributed by atoms with Crippen molar-refractivity contribution in [1.29, 1.82) is 0 Å². The van der Waals surface area contributed by atoms with E-state index in [2.05, 4.69) is 5.32 Å². The molecule has 0 aliphatic carbocycles. The first-order chi connectivity index (χ1) is 13.6. The van der Waals surface area contributed by atoms with Crippen LogP contribution in [-0.4, -0.2) is 6.61 Å². The van der Waals surface area contributed by atoms with Crippen LogP contribution in [-0.2, 0) is 13.2 Å². The molecule has 3 aromatic rings. The van der Waals surface area contributed by atoms with Crippen LogP contribution in [0.4, 0.5) is 5.69 Å². The Morgan fingerprint density at radius 2 is 1.57 bits per heavy atom. The number of hydrogen-bond donors (Lipinski definition) is 1. The molecule has 3 aromatic carbocycles. The summed E-state index contributed by atoms with van der Waals surface area (Å²) in [5, 5.41) is 5.00. The van der Waals surface area contributed by atoms with Crippen molar-refractivity contribution in [2.24, 2.45) is 0 Å². The van der Waals surface area contributed by atoms with E-state index in [4.69, 9.17) is 44.3 Å². The lowest BCUT2D eigenvalue weighted by atomic mass is 10.2. The average Bonchev–Trinajstić information content (AvgIpc) is 2.69. The molecule has 0 unspecified atom stereocenters. The van der Waals surface area contributed by atoms with Gasteiger partial charge in [0.2, 0.25) is 0 Å². The zero-order valence-corrected chi connectivity index (χ0v) is 17.6. The average molecular weight is 437 g/mol. The van der Waals surface area contributed by atoms with Crippen LogP contribution in [0.1, 0.15) is 18.1 Å².